The van der Waals surface area contributed by atoms with Crippen LogP contribution in [0.15, 0.2) is 115 Å². The number of para-hydroxylation sites is 2. The molecule has 0 fully saturated rings. The van der Waals surface area contributed by atoms with Crippen molar-refractivity contribution >= 4 is 32.6 Å². The zero-order valence-electron chi connectivity index (χ0n) is 22.3. The SMILES string of the molecule is CC(C)(C)c1nc(-c2ccc3c(c2)c2ccccc2n3-c2ccccc2)nc(-c2cccc3ccccc23)n1. The van der Waals surface area contributed by atoms with E-state index < -0.39 is 0 Å². The van der Waals surface area contributed by atoms with Crippen LogP contribution in [-0.4, -0.2) is 19.5 Å². The first kappa shape index (κ1) is 23.3. The Morgan fingerprint density at radius 2 is 1.21 bits per heavy atom. The zero-order valence-corrected chi connectivity index (χ0v) is 22.3. The third kappa shape index (κ3) is 3.96. The van der Waals surface area contributed by atoms with E-state index in [2.05, 4.69) is 141 Å². The van der Waals surface area contributed by atoms with Crippen LogP contribution in [0.25, 0.3) is 61.0 Å². The van der Waals surface area contributed by atoms with Crippen molar-refractivity contribution in [1.29, 1.82) is 0 Å². The summed E-state index contributed by atoms with van der Waals surface area (Å²) in [6, 6.07) is 40.3. The Bertz CT molecular complexity index is 1990. The number of rotatable bonds is 3. The highest BCUT2D eigenvalue weighted by Gasteiger charge is 2.22. The minimum atomic E-state index is -0.232. The monoisotopic (exact) mass is 504 g/mol. The Morgan fingerprint density at radius 3 is 2.03 bits per heavy atom. The van der Waals surface area contributed by atoms with Crippen molar-refractivity contribution in [2.75, 3.05) is 0 Å². The summed E-state index contributed by atoms with van der Waals surface area (Å²) >= 11 is 0. The smallest absolute Gasteiger partial charge is 0.164 e. The predicted octanol–water partition coefficient (Wildman–Crippen LogP) is 8.75. The number of benzene rings is 5. The van der Waals surface area contributed by atoms with Gasteiger partial charge in [0.05, 0.1) is 11.0 Å². The number of fused-ring (bicyclic) bond motifs is 4. The Hall–Kier alpha value is -4.83. The molecule has 0 aliphatic heterocycles. The molecule has 0 saturated carbocycles. The van der Waals surface area contributed by atoms with E-state index in [9.17, 15) is 0 Å². The summed E-state index contributed by atoms with van der Waals surface area (Å²) < 4.78 is 2.32. The van der Waals surface area contributed by atoms with Gasteiger partial charge in [-0.2, -0.15) is 0 Å². The van der Waals surface area contributed by atoms with E-state index >= 15 is 0 Å². The molecule has 0 atom stereocenters. The molecule has 2 heterocycles. The number of hydrogen-bond donors (Lipinski definition) is 0. The summed E-state index contributed by atoms with van der Waals surface area (Å²) in [4.78, 5) is 15.0. The summed E-state index contributed by atoms with van der Waals surface area (Å²) in [5.41, 5.74) is 5.25. The Balaban J connectivity index is 1.47. The fraction of sp³-hybridized carbons (Fsp3) is 0.114. The molecule has 0 amide bonds. The molecule has 4 nitrogen and oxygen atoms in total. The van der Waals surface area contributed by atoms with Crippen molar-refractivity contribution in [3.63, 3.8) is 0 Å². The lowest BCUT2D eigenvalue weighted by atomic mass is 9.95. The van der Waals surface area contributed by atoms with Gasteiger partial charge in [-0.25, -0.2) is 15.0 Å². The Morgan fingerprint density at radius 1 is 0.538 bits per heavy atom. The van der Waals surface area contributed by atoms with Gasteiger partial charge in [0, 0.05) is 33.0 Å². The van der Waals surface area contributed by atoms with Crippen LogP contribution in [0.5, 0.6) is 0 Å². The molecule has 4 heteroatoms. The van der Waals surface area contributed by atoms with Gasteiger partial charge in [-0.05, 0) is 47.2 Å². The van der Waals surface area contributed by atoms with Crippen molar-refractivity contribution in [2.45, 2.75) is 26.2 Å². The molecule has 0 bridgehead atoms. The standard InChI is InChI=1S/C35H28N4/c1-35(2,3)34-37-32(36-33(38-34)28-18-11-13-23-12-7-8-16-26(23)28)24-20-21-31-29(22-24)27-17-9-10-19-30(27)39(31)25-14-5-4-6-15-25/h4-22H,1-3H3. The first-order valence-electron chi connectivity index (χ1n) is 13.3. The number of hydrogen-bond acceptors (Lipinski definition) is 3. The summed E-state index contributed by atoms with van der Waals surface area (Å²) in [5.74, 6) is 2.17. The van der Waals surface area contributed by atoms with E-state index in [0.717, 1.165) is 33.5 Å². The Kier molecular flexibility index (Phi) is 5.31. The molecule has 2 aromatic heterocycles. The zero-order chi connectivity index (χ0) is 26.6. The normalized spacial score (nSPS) is 12.0. The average molecular weight is 505 g/mol. The molecule has 5 aromatic carbocycles. The van der Waals surface area contributed by atoms with Crippen LogP contribution in [0, 0.1) is 0 Å². The summed E-state index contributed by atoms with van der Waals surface area (Å²) in [6.07, 6.45) is 0. The van der Waals surface area contributed by atoms with E-state index in [-0.39, 0.29) is 5.41 Å². The fourth-order valence-corrected chi connectivity index (χ4v) is 5.35. The van der Waals surface area contributed by atoms with Crippen LogP contribution in [0.3, 0.4) is 0 Å². The van der Waals surface area contributed by atoms with Gasteiger partial charge in [0.25, 0.3) is 0 Å². The van der Waals surface area contributed by atoms with Crippen LogP contribution in [0.1, 0.15) is 26.6 Å². The van der Waals surface area contributed by atoms with Gasteiger partial charge in [0.1, 0.15) is 5.82 Å². The molecular formula is C35H28N4. The molecule has 0 aliphatic rings. The topological polar surface area (TPSA) is 43.6 Å². The minimum Gasteiger partial charge on any atom is -0.309 e. The first-order valence-corrected chi connectivity index (χ1v) is 13.3. The maximum Gasteiger partial charge on any atom is 0.164 e. The van der Waals surface area contributed by atoms with Gasteiger partial charge in [-0.3, -0.25) is 0 Å². The first-order chi connectivity index (χ1) is 19.0. The van der Waals surface area contributed by atoms with Crippen molar-refractivity contribution < 1.29 is 0 Å². The molecule has 0 radical (unpaired) electrons. The van der Waals surface area contributed by atoms with Crippen molar-refractivity contribution in [1.82, 2.24) is 19.5 Å². The number of nitrogens with zero attached hydrogens (tertiary/aromatic N) is 4. The highest BCUT2D eigenvalue weighted by Crippen LogP contribution is 2.35. The van der Waals surface area contributed by atoms with Crippen LogP contribution >= 0.6 is 0 Å². The molecule has 7 rings (SSSR count). The molecule has 0 saturated heterocycles. The maximum atomic E-state index is 5.06. The second-order valence-electron chi connectivity index (χ2n) is 11.0. The largest absolute Gasteiger partial charge is 0.309 e. The second-order valence-corrected chi connectivity index (χ2v) is 11.0. The molecule has 0 aliphatic carbocycles. The molecular weight excluding hydrogens is 476 g/mol. The van der Waals surface area contributed by atoms with Crippen molar-refractivity contribution in [3.8, 4) is 28.5 Å². The van der Waals surface area contributed by atoms with Crippen molar-refractivity contribution in [3.05, 3.63) is 121 Å². The highest BCUT2D eigenvalue weighted by molar-refractivity contribution is 6.10. The highest BCUT2D eigenvalue weighted by atomic mass is 15.0. The van der Waals surface area contributed by atoms with Gasteiger partial charge >= 0.3 is 0 Å². The van der Waals surface area contributed by atoms with Crippen LogP contribution in [0.4, 0.5) is 0 Å². The molecule has 0 N–H and O–H groups in total. The lowest BCUT2D eigenvalue weighted by Crippen LogP contribution is -2.18. The average Bonchev–Trinajstić information content (AvgIpc) is 3.30. The fourth-order valence-electron chi connectivity index (χ4n) is 5.35. The lowest BCUT2D eigenvalue weighted by molar-refractivity contribution is 0.543. The van der Waals surface area contributed by atoms with E-state index in [1.165, 1.54) is 21.7 Å². The van der Waals surface area contributed by atoms with Gasteiger partial charge in [-0.1, -0.05) is 99.6 Å². The van der Waals surface area contributed by atoms with Crippen molar-refractivity contribution in [2.24, 2.45) is 0 Å². The molecule has 188 valence electrons. The van der Waals surface area contributed by atoms with E-state index in [0.29, 0.717) is 11.6 Å². The quantitative estimate of drug-likeness (QED) is 0.242. The maximum absolute atomic E-state index is 5.06. The summed E-state index contributed by atoms with van der Waals surface area (Å²) in [6.45, 7) is 6.45. The van der Waals surface area contributed by atoms with E-state index in [4.69, 9.17) is 15.0 Å². The van der Waals surface area contributed by atoms with Crippen LogP contribution < -0.4 is 0 Å². The minimum absolute atomic E-state index is 0.232. The van der Waals surface area contributed by atoms with Gasteiger partial charge in [0.15, 0.2) is 11.6 Å². The summed E-state index contributed by atoms with van der Waals surface area (Å²) in [7, 11) is 0. The molecule has 0 spiro atoms. The van der Waals surface area contributed by atoms with E-state index in [1.54, 1.807) is 0 Å². The molecule has 0 unspecified atom stereocenters. The predicted molar refractivity (Wildman–Crippen MR) is 161 cm³/mol. The van der Waals surface area contributed by atoms with Gasteiger partial charge in [-0.15, -0.1) is 0 Å². The van der Waals surface area contributed by atoms with E-state index in [1.807, 2.05) is 0 Å². The van der Waals surface area contributed by atoms with Gasteiger partial charge in [0.2, 0.25) is 0 Å². The summed E-state index contributed by atoms with van der Waals surface area (Å²) in [5, 5.41) is 4.69. The molecule has 7 aromatic rings. The molecule has 39 heavy (non-hydrogen) atoms. The van der Waals surface area contributed by atoms with Gasteiger partial charge < -0.3 is 4.57 Å². The Labute approximate surface area is 227 Å². The third-order valence-electron chi connectivity index (χ3n) is 7.28. The third-order valence-corrected chi connectivity index (χ3v) is 7.28. The number of aromatic nitrogens is 4. The van der Waals surface area contributed by atoms with Crippen LogP contribution in [-0.2, 0) is 5.41 Å². The lowest BCUT2D eigenvalue weighted by Gasteiger charge is -2.18. The van der Waals surface area contributed by atoms with Crippen LogP contribution in [0.2, 0.25) is 0 Å². The second kappa shape index (κ2) is 8.88.